The molecule has 0 radical (unpaired) electrons. The van der Waals surface area contributed by atoms with E-state index < -0.39 is 0 Å². The third-order valence-corrected chi connectivity index (χ3v) is 2.60. The molecule has 50 valence electrons. The minimum absolute atomic E-state index is 0.0880. The Morgan fingerprint density at radius 1 is 1.78 bits per heavy atom. The quantitative estimate of drug-likeness (QED) is 0.550. The van der Waals surface area contributed by atoms with E-state index in [9.17, 15) is 4.79 Å². The Bertz CT molecular complexity index is 155. The van der Waals surface area contributed by atoms with Crippen LogP contribution in [0.1, 0.15) is 13.8 Å². The summed E-state index contributed by atoms with van der Waals surface area (Å²) in [6.45, 7) is 3.57. The van der Waals surface area contributed by atoms with Gasteiger partial charge >= 0.3 is 0 Å². The topological polar surface area (TPSA) is 29.4 Å². The first kappa shape index (κ1) is 6.81. The van der Waals surface area contributed by atoms with Gasteiger partial charge in [-0.15, -0.1) is 11.8 Å². The number of ketones is 1. The molecule has 0 amide bonds. The molecule has 0 saturated heterocycles. The molecule has 1 heterocycles. The van der Waals surface area contributed by atoms with Gasteiger partial charge in [-0.3, -0.25) is 9.79 Å². The van der Waals surface area contributed by atoms with Gasteiger partial charge in [0.2, 0.25) is 0 Å². The maximum atomic E-state index is 10.8. The summed E-state index contributed by atoms with van der Waals surface area (Å²) in [6.07, 6.45) is 0. The van der Waals surface area contributed by atoms with Crippen molar-refractivity contribution in [3.05, 3.63) is 0 Å². The van der Waals surface area contributed by atoms with Gasteiger partial charge in [-0.05, 0) is 13.8 Å². The lowest BCUT2D eigenvalue weighted by Crippen LogP contribution is -2.21. The van der Waals surface area contributed by atoms with Gasteiger partial charge in [0.25, 0.3) is 0 Å². The van der Waals surface area contributed by atoms with Crippen LogP contribution in [0.2, 0.25) is 0 Å². The number of nitrogens with zero attached hydrogens (tertiary/aromatic N) is 1. The number of rotatable bonds is 1. The predicted molar refractivity (Wildman–Crippen MR) is 40.0 cm³/mol. The molecular formula is C6H9NOS. The second-order valence-electron chi connectivity index (χ2n) is 2.16. The molecule has 0 aliphatic carbocycles. The van der Waals surface area contributed by atoms with Crippen LogP contribution in [0.15, 0.2) is 4.99 Å². The van der Waals surface area contributed by atoms with E-state index in [1.165, 1.54) is 11.8 Å². The van der Waals surface area contributed by atoms with Crippen LogP contribution in [-0.2, 0) is 4.79 Å². The smallest absolute Gasteiger partial charge is 0.145 e. The SMILES string of the molecule is CC(=O)C1SC=NC1C. The average molecular weight is 143 g/mol. The molecule has 1 aliphatic rings. The van der Waals surface area contributed by atoms with Gasteiger partial charge in [-0.25, -0.2) is 0 Å². The maximum Gasteiger partial charge on any atom is 0.145 e. The number of aliphatic imine (C=N–C) groups is 1. The predicted octanol–water partition coefficient (Wildman–Crippen LogP) is 1.11. The molecule has 0 saturated carbocycles. The fraction of sp³-hybridized carbons (Fsp3) is 0.667. The van der Waals surface area contributed by atoms with Crippen molar-refractivity contribution in [3.8, 4) is 0 Å². The molecule has 0 aromatic rings. The third kappa shape index (κ3) is 1.33. The van der Waals surface area contributed by atoms with Crippen LogP contribution in [0, 0.1) is 0 Å². The lowest BCUT2D eigenvalue weighted by Gasteiger charge is -2.06. The summed E-state index contributed by atoms with van der Waals surface area (Å²) in [5, 5.41) is 0.0880. The zero-order chi connectivity index (χ0) is 6.85. The first-order chi connectivity index (χ1) is 4.22. The largest absolute Gasteiger partial charge is 0.299 e. The normalized spacial score (nSPS) is 33.1. The Morgan fingerprint density at radius 2 is 2.44 bits per heavy atom. The van der Waals surface area contributed by atoms with E-state index in [2.05, 4.69) is 4.99 Å². The first-order valence-electron chi connectivity index (χ1n) is 2.89. The lowest BCUT2D eigenvalue weighted by atomic mass is 10.2. The number of thioether (sulfide) groups is 1. The van der Waals surface area contributed by atoms with Crippen molar-refractivity contribution in [2.75, 3.05) is 0 Å². The van der Waals surface area contributed by atoms with Gasteiger partial charge in [-0.2, -0.15) is 0 Å². The van der Waals surface area contributed by atoms with E-state index in [4.69, 9.17) is 0 Å². The van der Waals surface area contributed by atoms with Crippen molar-refractivity contribution >= 4 is 23.1 Å². The molecule has 3 heteroatoms. The van der Waals surface area contributed by atoms with Crippen LogP contribution in [0.5, 0.6) is 0 Å². The maximum absolute atomic E-state index is 10.8. The van der Waals surface area contributed by atoms with E-state index in [1.54, 1.807) is 12.5 Å². The molecular weight excluding hydrogens is 134 g/mol. The Labute approximate surface area is 58.7 Å². The molecule has 1 aliphatic heterocycles. The molecule has 2 unspecified atom stereocenters. The van der Waals surface area contributed by atoms with Crippen LogP contribution in [0.4, 0.5) is 0 Å². The highest BCUT2D eigenvalue weighted by Gasteiger charge is 2.24. The van der Waals surface area contributed by atoms with E-state index in [0.717, 1.165) is 0 Å². The summed E-state index contributed by atoms with van der Waals surface area (Å²) < 4.78 is 0. The minimum Gasteiger partial charge on any atom is -0.299 e. The van der Waals surface area contributed by atoms with Crippen molar-refractivity contribution in [2.24, 2.45) is 4.99 Å². The molecule has 0 N–H and O–H groups in total. The number of Topliss-reactive ketones (excluding diaryl/α,β-unsaturated/α-hetero) is 1. The lowest BCUT2D eigenvalue weighted by molar-refractivity contribution is -0.116. The van der Waals surface area contributed by atoms with Gasteiger partial charge in [0.15, 0.2) is 0 Å². The van der Waals surface area contributed by atoms with Gasteiger partial charge < -0.3 is 0 Å². The molecule has 2 nitrogen and oxygen atoms in total. The van der Waals surface area contributed by atoms with Crippen LogP contribution in [0.25, 0.3) is 0 Å². The average Bonchev–Trinajstić information content (AvgIpc) is 2.13. The van der Waals surface area contributed by atoms with Gasteiger partial charge in [0, 0.05) is 0 Å². The van der Waals surface area contributed by atoms with E-state index in [-0.39, 0.29) is 17.1 Å². The van der Waals surface area contributed by atoms with E-state index in [1.807, 2.05) is 6.92 Å². The third-order valence-electron chi connectivity index (χ3n) is 1.34. The molecule has 0 aromatic heterocycles. The summed E-state index contributed by atoms with van der Waals surface area (Å²) >= 11 is 1.52. The Hall–Kier alpha value is -0.310. The van der Waals surface area contributed by atoms with Crippen molar-refractivity contribution < 1.29 is 4.79 Å². The zero-order valence-electron chi connectivity index (χ0n) is 5.50. The second kappa shape index (κ2) is 2.52. The summed E-state index contributed by atoms with van der Waals surface area (Å²) in [6, 6.07) is 0.187. The van der Waals surface area contributed by atoms with Crippen molar-refractivity contribution in [2.45, 2.75) is 25.1 Å². The zero-order valence-corrected chi connectivity index (χ0v) is 6.31. The van der Waals surface area contributed by atoms with E-state index >= 15 is 0 Å². The number of carbonyl (C=O) groups is 1. The van der Waals surface area contributed by atoms with Crippen LogP contribution in [-0.4, -0.2) is 22.6 Å². The Balaban J connectivity index is 2.55. The van der Waals surface area contributed by atoms with Crippen molar-refractivity contribution in [1.29, 1.82) is 0 Å². The summed E-state index contributed by atoms with van der Waals surface area (Å²) in [4.78, 5) is 14.8. The fourth-order valence-corrected chi connectivity index (χ4v) is 1.71. The highest BCUT2D eigenvalue weighted by molar-refractivity contribution is 8.13. The van der Waals surface area contributed by atoms with Crippen LogP contribution >= 0.6 is 11.8 Å². The number of hydrogen-bond acceptors (Lipinski definition) is 3. The molecule has 1 rings (SSSR count). The first-order valence-corrected chi connectivity index (χ1v) is 3.83. The highest BCUT2D eigenvalue weighted by atomic mass is 32.2. The number of hydrogen-bond donors (Lipinski definition) is 0. The molecule has 0 aromatic carbocycles. The highest BCUT2D eigenvalue weighted by Crippen LogP contribution is 2.21. The second-order valence-corrected chi connectivity index (χ2v) is 3.15. The Kier molecular flexibility index (Phi) is 1.90. The number of carbonyl (C=O) groups excluding carboxylic acids is 1. The molecule has 9 heavy (non-hydrogen) atoms. The van der Waals surface area contributed by atoms with Crippen LogP contribution in [0.3, 0.4) is 0 Å². The molecule has 0 bridgehead atoms. The van der Waals surface area contributed by atoms with Gasteiger partial charge in [-0.1, -0.05) is 0 Å². The molecule has 0 spiro atoms. The summed E-state index contributed by atoms with van der Waals surface area (Å²) in [5.74, 6) is 0.227. The van der Waals surface area contributed by atoms with Crippen molar-refractivity contribution in [1.82, 2.24) is 0 Å². The summed E-state index contributed by atoms with van der Waals surface area (Å²) in [5.41, 5.74) is 1.76. The fourth-order valence-electron chi connectivity index (χ4n) is 0.824. The minimum atomic E-state index is 0.0880. The van der Waals surface area contributed by atoms with Crippen LogP contribution < -0.4 is 0 Å². The van der Waals surface area contributed by atoms with E-state index in [0.29, 0.717) is 0 Å². The van der Waals surface area contributed by atoms with Crippen molar-refractivity contribution in [3.63, 3.8) is 0 Å². The van der Waals surface area contributed by atoms with Gasteiger partial charge in [0.1, 0.15) is 5.78 Å². The summed E-state index contributed by atoms with van der Waals surface area (Å²) in [7, 11) is 0. The van der Waals surface area contributed by atoms with Gasteiger partial charge in [0.05, 0.1) is 16.8 Å². The Morgan fingerprint density at radius 3 is 2.67 bits per heavy atom. The standard InChI is InChI=1S/C6H9NOS/c1-4-6(5(2)8)9-3-7-4/h3-4,6H,1-2H3. The monoisotopic (exact) mass is 143 g/mol. The molecule has 0 fully saturated rings. The molecule has 2 atom stereocenters.